The Hall–Kier alpha value is -4.60. The van der Waals surface area contributed by atoms with E-state index in [1.165, 1.54) is 29.5 Å². The second kappa shape index (κ2) is 14.1. The maximum absolute atomic E-state index is 16.3. The molecule has 0 radical (unpaired) electrons. The van der Waals surface area contributed by atoms with E-state index in [4.69, 9.17) is 14.7 Å². The Labute approximate surface area is 285 Å². The molecule has 0 bridgehead atoms. The monoisotopic (exact) mass is 707 g/mol. The molecule has 2 aliphatic rings. The van der Waals surface area contributed by atoms with E-state index in [2.05, 4.69) is 20.2 Å². The van der Waals surface area contributed by atoms with Crippen LogP contribution in [0, 0.1) is 17.5 Å². The van der Waals surface area contributed by atoms with Gasteiger partial charge in [0.25, 0.3) is 10.0 Å². The van der Waals surface area contributed by atoms with Crippen molar-refractivity contribution in [1.29, 1.82) is 0 Å². The lowest BCUT2D eigenvalue weighted by molar-refractivity contribution is 0.122. The van der Waals surface area contributed by atoms with Crippen LogP contribution in [0.5, 0.6) is 0 Å². The van der Waals surface area contributed by atoms with E-state index in [9.17, 15) is 17.2 Å². The van der Waals surface area contributed by atoms with Crippen LogP contribution in [0.3, 0.4) is 0 Å². The van der Waals surface area contributed by atoms with E-state index in [1.807, 2.05) is 16.9 Å². The highest BCUT2D eigenvalue weighted by Crippen LogP contribution is 2.44. The number of rotatable bonds is 9. The first-order valence-electron chi connectivity index (χ1n) is 15.9. The van der Waals surface area contributed by atoms with Gasteiger partial charge in [-0.15, -0.1) is 11.3 Å². The highest BCUT2D eigenvalue weighted by molar-refractivity contribution is 7.92. The molecule has 5 aromatic rings. The molecule has 49 heavy (non-hydrogen) atoms. The van der Waals surface area contributed by atoms with Crippen molar-refractivity contribution in [3.63, 3.8) is 0 Å². The number of benzene rings is 2. The molecule has 3 aromatic heterocycles. The third-order valence-corrected chi connectivity index (χ3v) is 11.2. The van der Waals surface area contributed by atoms with Gasteiger partial charge < -0.3 is 15.0 Å². The second-order valence-corrected chi connectivity index (χ2v) is 14.4. The molecule has 2 N–H and O–H groups in total. The molecule has 2 fully saturated rings. The molecule has 1 aliphatic heterocycles. The summed E-state index contributed by atoms with van der Waals surface area (Å²) >= 11 is 1.41. The van der Waals surface area contributed by atoms with Crippen molar-refractivity contribution in [2.24, 2.45) is 0 Å². The van der Waals surface area contributed by atoms with Crippen molar-refractivity contribution in [2.75, 3.05) is 41.2 Å². The van der Waals surface area contributed by atoms with Crippen molar-refractivity contribution in [3.05, 3.63) is 89.5 Å². The van der Waals surface area contributed by atoms with Crippen molar-refractivity contribution in [2.45, 2.75) is 42.9 Å². The molecule has 4 heterocycles. The summed E-state index contributed by atoms with van der Waals surface area (Å²) in [5.74, 6) is -2.19. The van der Waals surface area contributed by atoms with Crippen LogP contribution >= 0.6 is 11.3 Å². The van der Waals surface area contributed by atoms with Gasteiger partial charge in [-0.2, -0.15) is 0 Å². The number of halogens is 3. The molecule has 1 aliphatic carbocycles. The number of nitrogens with one attached hydrogen (secondary N) is 2. The van der Waals surface area contributed by atoms with Crippen LogP contribution in [0.2, 0.25) is 0 Å². The van der Waals surface area contributed by atoms with Gasteiger partial charge in [-0.25, -0.2) is 41.5 Å². The van der Waals surface area contributed by atoms with Gasteiger partial charge in [0.2, 0.25) is 5.95 Å². The smallest absolute Gasteiger partial charge is 0.267 e. The zero-order valence-corrected chi connectivity index (χ0v) is 27.8. The minimum absolute atomic E-state index is 0.0125. The summed E-state index contributed by atoms with van der Waals surface area (Å²) in [4.78, 5) is 20.1. The summed E-state index contributed by atoms with van der Waals surface area (Å²) in [5, 5.41) is 4.02. The zero-order chi connectivity index (χ0) is 34.0. The number of nitrogens with zero attached hydrogens (tertiary/aromatic N) is 5. The predicted molar refractivity (Wildman–Crippen MR) is 182 cm³/mol. The molecule has 7 rings (SSSR count). The maximum atomic E-state index is 16.3. The fraction of sp³-hybridized carbons (Fsp3) is 0.294. The van der Waals surface area contributed by atoms with Crippen molar-refractivity contribution < 1.29 is 26.3 Å². The number of ether oxygens (including phenoxy) is 1. The Balaban J connectivity index is 1.22. The number of hydrogen-bond donors (Lipinski definition) is 2. The molecule has 15 heteroatoms. The lowest BCUT2D eigenvalue weighted by Crippen LogP contribution is -2.36. The number of sulfonamides is 1. The molecule has 2 aromatic carbocycles. The average molecular weight is 708 g/mol. The van der Waals surface area contributed by atoms with Crippen LogP contribution in [0.1, 0.15) is 43.0 Å². The Bertz CT molecular complexity index is 2050. The number of morpholine rings is 1. The van der Waals surface area contributed by atoms with E-state index >= 15 is 4.39 Å². The lowest BCUT2D eigenvalue weighted by atomic mass is 9.90. The third-order valence-electron chi connectivity index (χ3n) is 8.51. The first-order valence-corrected chi connectivity index (χ1v) is 18.2. The van der Waals surface area contributed by atoms with E-state index in [0.717, 1.165) is 74.2 Å². The second-order valence-electron chi connectivity index (χ2n) is 11.8. The minimum Gasteiger partial charge on any atom is -0.378 e. The van der Waals surface area contributed by atoms with Gasteiger partial charge >= 0.3 is 0 Å². The Kier molecular flexibility index (Phi) is 9.47. The molecule has 254 valence electrons. The van der Waals surface area contributed by atoms with E-state index in [1.54, 1.807) is 18.5 Å². The Morgan fingerprint density at radius 1 is 0.878 bits per heavy atom. The van der Waals surface area contributed by atoms with Gasteiger partial charge in [0.05, 0.1) is 52.1 Å². The first-order chi connectivity index (χ1) is 23.8. The molecule has 0 spiro atoms. The summed E-state index contributed by atoms with van der Waals surface area (Å²) in [7, 11) is -4.82. The summed E-state index contributed by atoms with van der Waals surface area (Å²) in [6.45, 7) is 2.85. The van der Waals surface area contributed by atoms with Crippen LogP contribution < -0.4 is 14.9 Å². The maximum Gasteiger partial charge on any atom is 0.267 e. The normalized spacial score (nSPS) is 15.7. The van der Waals surface area contributed by atoms with Gasteiger partial charge in [0.1, 0.15) is 17.5 Å². The highest BCUT2D eigenvalue weighted by Gasteiger charge is 2.28. The lowest BCUT2D eigenvalue weighted by Gasteiger charge is -2.27. The molecular weight excluding hydrogens is 676 g/mol. The molecule has 10 nitrogen and oxygen atoms in total. The van der Waals surface area contributed by atoms with Crippen molar-refractivity contribution >= 4 is 44.5 Å². The molecule has 0 unspecified atom stereocenters. The van der Waals surface area contributed by atoms with E-state index in [0.29, 0.717) is 35.4 Å². The van der Waals surface area contributed by atoms with Gasteiger partial charge in [0, 0.05) is 30.8 Å². The molecular formula is C34H32F3N7O3S2. The van der Waals surface area contributed by atoms with Crippen molar-refractivity contribution in [1.82, 2.24) is 19.9 Å². The SMILES string of the molecule is O=S(=O)(Nc1cccc(-c2nc(C3CCCCC3)sc2-c2ccnc(Nc3ccc(N4CCOCC4)nc3)n2)c1F)c1c(F)cccc1F. The number of aromatic nitrogens is 4. The highest BCUT2D eigenvalue weighted by atomic mass is 32.2. The third kappa shape index (κ3) is 7.09. The van der Waals surface area contributed by atoms with Crippen molar-refractivity contribution in [3.8, 4) is 21.8 Å². The quantitative estimate of drug-likeness (QED) is 0.160. The molecule has 0 amide bonds. The summed E-state index contributed by atoms with van der Waals surface area (Å²) in [6.07, 6.45) is 8.47. The number of thiazole rings is 1. The summed E-state index contributed by atoms with van der Waals surface area (Å²) < 4.78 is 78.6. The van der Waals surface area contributed by atoms with Crippen LogP contribution in [-0.4, -0.2) is 54.7 Å². The molecule has 1 saturated carbocycles. The first kappa shape index (κ1) is 32.9. The number of anilines is 4. The fourth-order valence-corrected chi connectivity index (χ4v) is 8.48. The van der Waals surface area contributed by atoms with Gasteiger partial charge in [0.15, 0.2) is 10.7 Å². The van der Waals surface area contributed by atoms with Crippen LogP contribution in [0.15, 0.2) is 71.9 Å². The molecule has 0 atom stereocenters. The van der Waals surface area contributed by atoms with Gasteiger partial charge in [-0.1, -0.05) is 31.4 Å². The number of pyridine rings is 1. The summed E-state index contributed by atoms with van der Waals surface area (Å²) in [5.41, 5.74) is 0.986. The minimum atomic E-state index is -4.82. The predicted octanol–water partition coefficient (Wildman–Crippen LogP) is 7.51. The van der Waals surface area contributed by atoms with Gasteiger partial charge in [-0.05, 0) is 55.3 Å². The van der Waals surface area contributed by atoms with Crippen LogP contribution in [-0.2, 0) is 14.8 Å². The fourth-order valence-electron chi connectivity index (χ4n) is 6.06. The zero-order valence-electron chi connectivity index (χ0n) is 26.2. The standard InChI is InChI=1S/C34H32F3N7O3S2/c35-24-9-5-10-25(36)32(24)49(45,46)43-26-11-4-8-23(29(26)37)30-31(48-33(42-30)21-6-2-1-3-7-21)27-14-15-38-34(41-27)40-22-12-13-28(39-20-22)44-16-18-47-19-17-44/h4-5,8-15,20-21,43H,1-3,6-7,16-19H2,(H,38,40,41). The van der Waals surface area contributed by atoms with E-state index in [-0.39, 0.29) is 17.2 Å². The van der Waals surface area contributed by atoms with Crippen LogP contribution in [0.4, 0.5) is 36.3 Å². The Morgan fingerprint density at radius 3 is 2.37 bits per heavy atom. The summed E-state index contributed by atoms with van der Waals surface area (Å²) in [6, 6.07) is 12.3. The largest absolute Gasteiger partial charge is 0.378 e. The van der Waals surface area contributed by atoms with Crippen LogP contribution in [0.25, 0.3) is 21.8 Å². The van der Waals surface area contributed by atoms with Gasteiger partial charge in [-0.3, -0.25) is 4.72 Å². The average Bonchev–Trinajstić information content (AvgIpc) is 3.56. The Morgan fingerprint density at radius 2 is 1.63 bits per heavy atom. The van der Waals surface area contributed by atoms with E-state index < -0.39 is 38.1 Å². The topological polar surface area (TPSA) is 122 Å². The number of hydrogen-bond acceptors (Lipinski definition) is 10. The molecule has 1 saturated heterocycles.